The number of likely N-dealkylation sites (N-methyl/N-ethyl adjacent to an activating group) is 1. The van der Waals surface area contributed by atoms with Gasteiger partial charge in [-0.05, 0) is 76.5 Å². The van der Waals surface area contributed by atoms with Crippen molar-refractivity contribution < 1.29 is 38.2 Å². The zero-order chi connectivity index (χ0) is 46.7. The molecule has 6 bridgehead atoms. The molecule has 17 heteroatoms. The second-order valence-electron chi connectivity index (χ2n) is 19.3. The molecule has 3 fully saturated rings. The van der Waals surface area contributed by atoms with Gasteiger partial charge in [-0.1, -0.05) is 34.3 Å². The van der Waals surface area contributed by atoms with Crippen LogP contribution in [0.5, 0.6) is 0 Å². The summed E-state index contributed by atoms with van der Waals surface area (Å²) in [6.45, 7) is 18.8. The van der Waals surface area contributed by atoms with Crippen LogP contribution in [0.2, 0.25) is 0 Å². The van der Waals surface area contributed by atoms with Crippen LogP contribution in [0.15, 0.2) is 35.5 Å². The molecule has 17 nitrogen and oxygen atoms in total. The Balaban J connectivity index is 1.24. The number of morpholine rings is 1. The van der Waals surface area contributed by atoms with Gasteiger partial charge in [-0.3, -0.25) is 34.0 Å². The smallest absolute Gasteiger partial charge is 0.324 e. The number of hydrazine groups is 1. The summed E-state index contributed by atoms with van der Waals surface area (Å²) in [6, 6.07) is 1.42. The molecule has 2 N–H and O–H groups in total. The summed E-state index contributed by atoms with van der Waals surface area (Å²) < 4.78 is 20.6. The number of allylic oxidation sites excluding steroid dienone is 1. The minimum absolute atomic E-state index is 0.129. The fourth-order valence-electron chi connectivity index (χ4n) is 10.2. The lowest BCUT2D eigenvalue weighted by atomic mass is 9.84. The Kier molecular flexibility index (Phi) is 14.8. The molecule has 0 saturated carbocycles. The molecule has 5 aliphatic rings. The first kappa shape index (κ1) is 47.8. The van der Waals surface area contributed by atoms with E-state index in [9.17, 15) is 24.0 Å². The van der Waals surface area contributed by atoms with Crippen LogP contribution in [-0.4, -0.2) is 151 Å². The molecule has 2 aromatic heterocycles. The SMILES string of the molecule is C=CC(=O)N1CC[C@H](C(=O)N(C)[C@H](C(=O)N[C@H]2C[C@@H]3CN(CCO3)c3ccc4c(n3)c(c(C3=C([C@H](C)OC)N=CCC3)n4CC)CC(C)(C)COC(=O)[C@@H]3CCCN(N3)C2=O)C(C)C)C1. The van der Waals surface area contributed by atoms with Gasteiger partial charge in [0, 0.05) is 82.6 Å². The number of pyridine rings is 1. The Labute approximate surface area is 382 Å². The van der Waals surface area contributed by atoms with Crippen LogP contribution in [0, 0.1) is 17.3 Å². The normalized spacial score (nSPS) is 25.0. The third kappa shape index (κ3) is 10.2. The maximum atomic E-state index is 14.7. The topological polar surface area (TPSA) is 180 Å². The summed E-state index contributed by atoms with van der Waals surface area (Å²) in [7, 11) is 3.31. The number of nitrogens with zero attached hydrogens (tertiary/aromatic N) is 7. The van der Waals surface area contributed by atoms with E-state index in [1.165, 1.54) is 16.0 Å². The number of aliphatic imine (C=N–C) groups is 1. The van der Waals surface area contributed by atoms with Gasteiger partial charge < -0.3 is 38.8 Å². The number of aryl methyl sites for hydroxylation is 1. The van der Waals surface area contributed by atoms with E-state index in [-0.39, 0.29) is 43.4 Å². The van der Waals surface area contributed by atoms with Gasteiger partial charge in [-0.25, -0.2) is 10.4 Å². The molecule has 4 amide bonds. The summed E-state index contributed by atoms with van der Waals surface area (Å²) in [4.78, 5) is 84.8. The number of ether oxygens (including phenoxy) is 3. The van der Waals surface area contributed by atoms with Crippen molar-refractivity contribution >= 4 is 58.2 Å². The number of hydrogen-bond donors (Lipinski definition) is 2. The Bertz CT molecular complexity index is 2220. The summed E-state index contributed by atoms with van der Waals surface area (Å²) in [6.07, 6.45) is 6.28. The van der Waals surface area contributed by atoms with Crippen LogP contribution < -0.4 is 15.6 Å². The lowest BCUT2D eigenvalue weighted by Crippen LogP contribution is -2.62. The Morgan fingerprint density at radius 3 is 2.63 bits per heavy atom. The molecular weight excluding hydrogens is 831 g/mol. The number of cyclic esters (lactones) is 1. The fourth-order valence-corrected chi connectivity index (χ4v) is 10.2. The minimum atomic E-state index is -1.07. The van der Waals surface area contributed by atoms with E-state index < -0.39 is 53.3 Å². The van der Waals surface area contributed by atoms with Gasteiger partial charge in [-0.2, -0.15) is 0 Å². The van der Waals surface area contributed by atoms with Gasteiger partial charge in [-0.15, -0.1) is 0 Å². The first-order valence-corrected chi connectivity index (χ1v) is 23.5. The number of esters is 1. The molecule has 5 aliphatic heterocycles. The summed E-state index contributed by atoms with van der Waals surface area (Å²) in [5, 5.41) is 4.47. The maximum absolute atomic E-state index is 14.7. The minimum Gasteiger partial charge on any atom is -0.464 e. The van der Waals surface area contributed by atoms with E-state index in [1.54, 1.807) is 19.1 Å². The monoisotopic (exact) mass is 900 g/mol. The number of likely N-dealkylation sites (tertiary alicyclic amines) is 1. The lowest BCUT2D eigenvalue weighted by molar-refractivity contribution is -0.156. The molecule has 3 saturated heterocycles. The molecular formula is C48H69N9O8. The van der Waals surface area contributed by atoms with Crippen LogP contribution in [-0.2, 0) is 51.1 Å². The molecule has 2 aromatic rings. The number of methoxy groups -OCH3 is 1. The van der Waals surface area contributed by atoms with Crippen molar-refractivity contribution in [3.63, 3.8) is 0 Å². The number of amides is 4. The molecule has 7 heterocycles. The van der Waals surface area contributed by atoms with Crippen LogP contribution >= 0.6 is 0 Å². The number of nitrogens with one attached hydrogen (secondary N) is 2. The number of carbonyl (C=O) groups excluding carboxylic acids is 5. The molecule has 0 radical (unpaired) electrons. The van der Waals surface area contributed by atoms with E-state index in [2.05, 4.69) is 53.6 Å². The highest BCUT2D eigenvalue weighted by atomic mass is 16.5. The van der Waals surface area contributed by atoms with Crippen molar-refractivity contribution in [3.8, 4) is 0 Å². The molecule has 0 aromatic carbocycles. The summed E-state index contributed by atoms with van der Waals surface area (Å²) in [5.74, 6) is -1.84. The molecule has 0 unspecified atom stereocenters. The highest BCUT2D eigenvalue weighted by molar-refractivity contribution is 5.94. The number of rotatable bonds is 10. The number of carbonyl (C=O) groups is 5. The maximum Gasteiger partial charge on any atom is 0.324 e. The van der Waals surface area contributed by atoms with Crippen molar-refractivity contribution in [2.24, 2.45) is 22.2 Å². The molecule has 7 rings (SSSR count). The van der Waals surface area contributed by atoms with E-state index in [1.807, 2.05) is 33.1 Å². The highest BCUT2D eigenvalue weighted by Crippen LogP contribution is 2.41. The van der Waals surface area contributed by atoms with Crippen molar-refractivity contribution in [2.45, 2.75) is 123 Å². The van der Waals surface area contributed by atoms with E-state index in [0.29, 0.717) is 65.0 Å². The zero-order valence-corrected chi connectivity index (χ0v) is 39.6. The van der Waals surface area contributed by atoms with Gasteiger partial charge in [0.2, 0.25) is 17.7 Å². The van der Waals surface area contributed by atoms with Gasteiger partial charge in [0.25, 0.3) is 5.91 Å². The number of fused-ring (bicyclic) bond motifs is 6. The van der Waals surface area contributed by atoms with Crippen molar-refractivity contribution in [1.29, 1.82) is 0 Å². The molecule has 65 heavy (non-hydrogen) atoms. The lowest BCUT2D eigenvalue weighted by Gasteiger charge is -2.39. The first-order valence-electron chi connectivity index (χ1n) is 23.5. The first-order chi connectivity index (χ1) is 31.0. The Morgan fingerprint density at radius 2 is 1.91 bits per heavy atom. The van der Waals surface area contributed by atoms with Crippen molar-refractivity contribution in [2.75, 3.05) is 65.0 Å². The molecule has 0 spiro atoms. The van der Waals surface area contributed by atoms with Crippen LogP contribution in [0.25, 0.3) is 16.6 Å². The van der Waals surface area contributed by atoms with Gasteiger partial charge in [0.1, 0.15) is 23.9 Å². The number of hydrogen-bond acceptors (Lipinski definition) is 12. The second-order valence-corrected chi connectivity index (χ2v) is 19.3. The largest absolute Gasteiger partial charge is 0.464 e. The molecule has 6 atom stereocenters. The average Bonchev–Trinajstić information content (AvgIpc) is 3.92. The van der Waals surface area contributed by atoms with E-state index >= 15 is 0 Å². The number of anilines is 1. The van der Waals surface area contributed by atoms with Crippen molar-refractivity contribution in [1.82, 2.24) is 35.1 Å². The predicted molar refractivity (Wildman–Crippen MR) is 248 cm³/mol. The quantitative estimate of drug-likeness (QED) is 0.261. The average molecular weight is 900 g/mol. The zero-order valence-electron chi connectivity index (χ0n) is 39.6. The van der Waals surface area contributed by atoms with E-state index in [4.69, 9.17) is 24.2 Å². The van der Waals surface area contributed by atoms with Gasteiger partial charge >= 0.3 is 5.97 Å². The van der Waals surface area contributed by atoms with Crippen LogP contribution in [0.1, 0.15) is 91.3 Å². The second kappa shape index (κ2) is 20.2. The van der Waals surface area contributed by atoms with Crippen molar-refractivity contribution in [3.05, 3.63) is 41.7 Å². The molecule has 0 aliphatic carbocycles. The summed E-state index contributed by atoms with van der Waals surface area (Å²) >= 11 is 0. The third-order valence-electron chi connectivity index (χ3n) is 13.7. The van der Waals surface area contributed by atoms with Crippen LogP contribution in [0.4, 0.5) is 5.82 Å². The van der Waals surface area contributed by atoms with Crippen LogP contribution in [0.3, 0.4) is 0 Å². The Hall–Kier alpha value is -5.13. The number of aromatic nitrogens is 2. The standard InChI is InChI=1S/C48H69N9O8/c1-10-39(58)55-21-18-31(26-55)45(60)53(8)42(29(3)4)44(59)50-36-24-32-27-54(22-23-64-32)38-17-16-37-41(51-38)34(43(56(37)11-2)33-14-12-19-49-40(33)30(5)63-9)25-48(6,7)28-65-47(62)35-15-13-20-57(52-35)46(36)61/h10,16-17,19,29-32,35-36,42,52H,1,11-15,18,20-28H2,2-9H3,(H,50,59)/t30-,31-,32+,35-,36-,42-/m0/s1. The summed E-state index contributed by atoms with van der Waals surface area (Å²) in [5.41, 5.74) is 8.68. The van der Waals surface area contributed by atoms with Gasteiger partial charge in [0.15, 0.2) is 0 Å². The highest BCUT2D eigenvalue weighted by Gasteiger charge is 2.41. The van der Waals surface area contributed by atoms with Gasteiger partial charge in [0.05, 0.1) is 53.8 Å². The van der Waals surface area contributed by atoms with E-state index in [0.717, 1.165) is 52.2 Å². The fraction of sp³-hybridized carbons (Fsp3) is 0.646. The molecule has 354 valence electrons. The third-order valence-corrected chi connectivity index (χ3v) is 13.7. The Morgan fingerprint density at radius 1 is 1.12 bits per heavy atom. The predicted octanol–water partition coefficient (Wildman–Crippen LogP) is 3.89.